The zero-order chi connectivity index (χ0) is 24.9. The van der Waals surface area contributed by atoms with Crippen molar-refractivity contribution in [3.05, 3.63) is 29.5 Å². The molecule has 2 aliphatic rings. The van der Waals surface area contributed by atoms with Gasteiger partial charge in [-0.25, -0.2) is 4.98 Å². The first-order chi connectivity index (χ1) is 16.9. The van der Waals surface area contributed by atoms with E-state index in [-0.39, 0.29) is 23.4 Å². The molecule has 0 bridgehead atoms. The van der Waals surface area contributed by atoms with Crippen LogP contribution in [-0.4, -0.2) is 61.1 Å². The van der Waals surface area contributed by atoms with Gasteiger partial charge in [0.1, 0.15) is 12.4 Å². The molecule has 1 aromatic carbocycles. The lowest BCUT2D eigenvalue weighted by Crippen LogP contribution is -2.34. The zero-order valence-electron chi connectivity index (χ0n) is 20.7. The quantitative estimate of drug-likeness (QED) is 0.593. The van der Waals surface area contributed by atoms with Crippen molar-refractivity contribution >= 4 is 22.6 Å². The maximum absolute atomic E-state index is 12.1. The summed E-state index contributed by atoms with van der Waals surface area (Å²) in [7, 11) is 1.49. The van der Waals surface area contributed by atoms with Gasteiger partial charge in [0, 0.05) is 29.3 Å². The fourth-order valence-corrected chi connectivity index (χ4v) is 4.93. The molecule has 2 aromatic rings. The fraction of sp³-hybridized carbons (Fsp3) is 0.519. The minimum Gasteiger partial charge on any atom is -0.496 e. The lowest BCUT2D eigenvalue weighted by atomic mass is 9.96. The molecule has 2 atom stereocenters. The van der Waals surface area contributed by atoms with Crippen LogP contribution in [0.2, 0.25) is 0 Å². The molecule has 0 saturated carbocycles. The first-order valence-corrected chi connectivity index (χ1v) is 12.4. The van der Waals surface area contributed by atoms with Gasteiger partial charge in [0.2, 0.25) is 11.8 Å². The third kappa shape index (κ3) is 5.51. The smallest absolute Gasteiger partial charge is 0.252 e. The number of likely N-dealkylation sites (tertiary alicyclic amines) is 1. The molecular weight excluding hydrogens is 444 g/mol. The van der Waals surface area contributed by atoms with Gasteiger partial charge >= 0.3 is 0 Å². The largest absolute Gasteiger partial charge is 0.496 e. The molecule has 3 N–H and O–H groups in total. The number of nitrogens with zero attached hydrogens (tertiary/aromatic N) is 2. The van der Waals surface area contributed by atoms with Crippen molar-refractivity contribution in [3.8, 4) is 23.5 Å². The van der Waals surface area contributed by atoms with Crippen molar-refractivity contribution < 1.29 is 19.1 Å². The third-order valence-corrected chi connectivity index (χ3v) is 7.17. The number of primary amides is 1. The maximum atomic E-state index is 12.1. The number of nitrogens with one attached hydrogen (secondary N) is 1. The SMILES string of the molecule is CC[C@@H]1CC(=O)N[C@@H]1COc1ncc(C#CC2CCN(CC)CC2)c2cc(C(N)=O)c(OC)cc12. The Bertz CT molecular complexity index is 1160. The van der Waals surface area contributed by atoms with Gasteiger partial charge < -0.3 is 25.4 Å². The Balaban J connectivity index is 1.67. The molecule has 1 aromatic heterocycles. The number of hydrogen-bond acceptors (Lipinski definition) is 6. The first-order valence-electron chi connectivity index (χ1n) is 12.4. The molecule has 35 heavy (non-hydrogen) atoms. The second-order valence-electron chi connectivity index (χ2n) is 9.27. The highest BCUT2D eigenvalue weighted by molar-refractivity contribution is 6.03. The Morgan fingerprint density at radius 2 is 2.03 bits per heavy atom. The van der Waals surface area contributed by atoms with Crippen LogP contribution in [0, 0.1) is 23.7 Å². The van der Waals surface area contributed by atoms with Crippen LogP contribution in [0.5, 0.6) is 11.6 Å². The van der Waals surface area contributed by atoms with Crippen LogP contribution < -0.4 is 20.5 Å². The van der Waals surface area contributed by atoms with Gasteiger partial charge in [-0.1, -0.05) is 32.1 Å². The Labute approximate surface area is 206 Å². The highest BCUT2D eigenvalue weighted by atomic mass is 16.5. The van der Waals surface area contributed by atoms with Crippen LogP contribution >= 0.6 is 0 Å². The molecule has 3 heterocycles. The van der Waals surface area contributed by atoms with Crippen molar-refractivity contribution in [1.82, 2.24) is 15.2 Å². The molecule has 0 spiro atoms. The number of rotatable bonds is 7. The molecule has 186 valence electrons. The Morgan fingerprint density at radius 1 is 1.26 bits per heavy atom. The summed E-state index contributed by atoms with van der Waals surface area (Å²) in [6.45, 7) is 7.75. The molecule has 0 unspecified atom stereocenters. The number of piperidine rings is 1. The van der Waals surface area contributed by atoms with Crippen molar-refractivity contribution in [2.75, 3.05) is 33.4 Å². The molecule has 2 aliphatic heterocycles. The van der Waals surface area contributed by atoms with E-state index in [1.54, 1.807) is 18.3 Å². The number of nitrogens with two attached hydrogens (primary N) is 1. The summed E-state index contributed by atoms with van der Waals surface area (Å²) in [6, 6.07) is 3.37. The molecule has 0 radical (unpaired) electrons. The normalized spacial score (nSPS) is 20.8. The predicted octanol–water partition coefficient (Wildman–Crippen LogP) is 2.72. The van der Waals surface area contributed by atoms with E-state index in [0.29, 0.717) is 36.0 Å². The minimum absolute atomic E-state index is 0.0476. The lowest BCUT2D eigenvalue weighted by Gasteiger charge is -2.28. The van der Waals surface area contributed by atoms with Crippen LogP contribution in [0.25, 0.3) is 10.8 Å². The number of amides is 2. The van der Waals surface area contributed by atoms with Gasteiger partial charge in [0.25, 0.3) is 5.91 Å². The van der Waals surface area contributed by atoms with Crippen molar-refractivity contribution in [2.45, 2.75) is 45.6 Å². The Hall–Kier alpha value is -3.31. The van der Waals surface area contributed by atoms with Crippen molar-refractivity contribution in [1.29, 1.82) is 0 Å². The number of methoxy groups -OCH3 is 1. The fourth-order valence-electron chi connectivity index (χ4n) is 4.93. The second-order valence-corrected chi connectivity index (χ2v) is 9.27. The van der Waals surface area contributed by atoms with Gasteiger partial charge in [-0.3, -0.25) is 9.59 Å². The first kappa shape index (κ1) is 24.8. The minimum atomic E-state index is -0.576. The molecule has 0 aliphatic carbocycles. The molecule has 4 rings (SSSR count). The number of carbonyl (C=O) groups excluding carboxylic acids is 2. The molecule has 8 nitrogen and oxygen atoms in total. The average molecular weight is 479 g/mol. The summed E-state index contributed by atoms with van der Waals surface area (Å²) in [6.07, 6.45) is 5.18. The third-order valence-electron chi connectivity index (χ3n) is 7.17. The highest BCUT2D eigenvalue weighted by Crippen LogP contribution is 2.33. The van der Waals surface area contributed by atoms with Crippen molar-refractivity contribution in [3.63, 3.8) is 0 Å². The zero-order valence-corrected chi connectivity index (χ0v) is 20.7. The molecule has 2 saturated heterocycles. The lowest BCUT2D eigenvalue weighted by molar-refractivity contribution is -0.119. The predicted molar refractivity (Wildman–Crippen MR) is 134 cm³/mol. The number of fused-ring (bicyclic) bond motifs is 1. The van der Waals surface area contributed by atoms with E-state index in [2.05, 4.69) is 40.9 Å². The number of ether oxygens (including phenoxy) is 2. The number of pyridine rings is 1. The van der Waals surface area contributed by atoms with Gasteiger partial charge in [-0.05, 0) is 50.5 Å². The Morgan fingerprint density at radius 3 is 2.69 bits per heavy atom. The molecule has 8 heteroatoms. The molecule has 2 amide bonds. The summed E-state index contributed by atoms with van der Waals surface area (Å²) in [5.74, 6) is 7.51. The summed E-state index contributed by atoms with van der Waals surface area (Å²) < 4.78 is 11.5. The van der Waals surface area contributed by atoms with Crippen LogP contribution in [0.4, 0.5) is 0 Å². The van der Waals surface area contributed by atoms with E-state index in [4.69, 9.17) is 15.2 Å². The van der Waals surface area contributed by atoms with E-state index in [0.717, 1.165) is 49.8 Å². The number of hydrogen-bond donors (Lipinski definition) is 2. The number of carbonyl (C=O) groups is 2. The topological polar surface area (TPSA) is 107 Å². The second kappa shape index (κ2) is 11.0. The molecular formula is C27H34N4O4. The van der Waals surface area contributed by atoms with E-state index in [9.17, 15) is 9.59 Å². The monoisotopic (exact) mass is 478 g/mol. The van der Waals surface area contributed by atoms with E-state index in [1.807, 2.05) is 0 Å². The van der Waals surface area contributed by atoms with Crippen LogP contribution in [0.1, 0.15) is 55.5 Å². The summed E-state index contributed by atoms with van der Waals surface area (Å²) in [5, 5.41) is 4.42. The van der Waals surface area contributed by atoms with E-state index in [1.165, 1.54) is 7.11 Å². The molecule has 2 fully saturated rings. The summed E-state index contributed by atoms with van der Waals surface area (Å²) in [5.41, 5.74) is 6.63. The van der Waals surface area contributed by atoms with Gasteiger partial charge in [-0.15, -0.1) is 0 Å². The average Bonchev–Trinajstić information content (AvgIpc) is 3.25. The van der Waals surface area contributed by atoms with E-state index >= 15 is 0 Å². The van der Waals surface area contributed by atoms with Crippen molar-refractivity contribution in [2.24, 2.45) is 17.6 Å². The maximum Gasteiger partial charge on any atom is 0.252 e. The number of aromatic nitrogens is 1. The van der Waals surface area contributed by atoms with Crippen LogP contribution in [0.15, 0.2) is 18.3 Å². The number of benzene rings is 1. The van der Waals surface area contributed by atoms with Gasteiger partial charge in [0.05, 0.1) is 24.3 Å². The Kier molecular flexibility index (Phi) is 7.76. The van der Waals surface area contributed by atoms with Gasteiger partial charge in [-0.2, -0.15) is 0 Å². The van der Waals surface area contributed by atoms with Gasteiger partial charge in [0.15, 0.2) is 0 Å². The standard InChI is InChI=1S/C27H34N4O4/c1-4-18-12-25(32)30-23(18)16-35-27-21-14-24(34-3)22(26(28)33)13-20(21)19(15-29-27)7-6-17-8-10-31(5-2)11-9-17/h13-15,17-18,23H,4-5,8-12,16H2,1-3H3,(H2,28,33)(H,30,32)/t18-,23-/m1/s1. The van der Waals surface area contributed by atoms with Crippen LogP contribution in [0.3, 0.4) is 0 Å². The highest BCUT2D eigenvalue weighted by Gasteiger charge is 2.31. The summed E-state index contributed by atoms with van der Waals surface area (Å²) in [4.78, 5) is 30.9. The summed E-state index contributed by atoms with van der Waals surface area (Å²) >= 11 is 0. The van der Waals surface area contributed by atoms with Crippen LogP contribution in [-0.2, 0) is 4.79 Å². The van der Waals surface area contributed by atoms with E-state index < -0.39 is 5.91 Å².